The number of amides is 2. The third-order valence-corrected chi connectivity index (χ3v) is 5.88. The smallest absolute Gasteiger partial charge is 0.410 e. The number of nitrogens with zero attached hydrogens (tertiary/aromatic N) is 4. The number of likely N-dealkylation sites (tertiary alicyclic amines) is 1. The van der Waals surface area contributed by atoms with E-state index < -0.39 is 5.60 Å². The Kier molecular flexibility index (Phi) is 7.76. The molecule has 0 spiro atoms. The number of fused-ring (bicyclic) bond motifs is 1. The van der Waals surface area contributed by atoms with Crippen molar-refractivity contribution >= 4 is 22.9 Å². The molecule has 1 aromatic carbocycles. The molecule has 3 rings (SSSR count). The van der Waals surface area contributed by atoms with Crippen LogP contribution in [-0.2, 0) is 16.1 Å². The summed E-state index contributed by atoms with van der Waals surface area (Å²) in [5, 5.41) is 0.557. The van der Waals surface area contributed by atoms with Crippen LogP contribution in [0.3, 0.4) is 0 Å². The summed E-state index contributed by atoms with van der Waals surface area (Å²) in [5.41, 5.74) is -0.0207. The standard InChI is InChI=1S/C25H36N4O4/c1-18(2)29(24(32)33-25(3,4)5)16-19-9-8-13-27(15-19)22(30)12-14-28-17-26-21-11-7-6-10-20(21)23(28)31/h6-7,10-11,17-19H,8-9,12-16H2,1-5H3. The van der Waals surface area contributed by atoms with Crippen LogP contribution in [0.4, 0.5) is 4.79 Å². The van der Waals surface area contributed by atoms with E-state index in [1.807, 2.05) is 51.7 Å². The number of hydrogen-bond acceptors (Lipinski definition) is 5. The van der Waals surface area contributed by atoms with Gasteiger partial charge in [0, 0.05) is 38.6 Å². The van der Waals surface area contributed by atoms with Crippen molar-refractivity contribution in [2.75, 3.05) is 19.6 Å². The molecule has 0 radical (unpaired) electrons. The molecule has 1 atom stereocenters. The average molecular weight is 457 g/mol. The van der Waals surface area contributed by atoms with E-state index in [9.17, 15) is 14.4 Å². The summed E-state index contributed by atoms with van der Waals surface area (Å²) < 4.78 is 7.08. The Labute approximate surface area is 195 Å². The van der Waals surface area contributed by atoms with Crippen molar-refractivity contribution in [3.63, 3.8) is 0 Å². The molecule has 2 aromatic rings. The first-order valence-corrected chi connectivity index (χ1v) is 11.8. The lowest BCUT2D eigenvalue weighted by atomic mass is 9.96. The first-order valence-electron chi connectivity index (χ1n) is 11.8. The number of hydrogen-bond donors (Lipinski definition) is 0. The Morgan fingerprint density at radius 3 is 2.67 bits per heavy atom. The van der Waals surface area contributed by atoms with Gasteiger partial charge in [-0.3, -0.25) is 14.2 Å². The lowest BCUT2D eigenvalue weighted by Crippen LogP contribution is -2.48. The highest BCUT2D eigenvalue weighted by Crippen LogP contribution is 2.21. The van der Waals surface area contributed by atoms with Gasteiger partial charge >= 0.3 is 6.09 Å². The molecule has 0 N–H and O–H groups in total. The van der Waals surface area contributed by atoms with E-state index in [1.165, 1.54) is 10.9 Å². The highest BCUT2D eigenvalue weighted by molar-refractivity contribution is 5.77. The van der Waals surface area contributed by atoms with Crippen LogP contribution in [0.2, 0.25) is 0 Å². The fourth-order valence-corrected chi connectivity index (χ4v) is 4.18. The third-order valence-electron chi connectivity index (χ3n) is 5.88. The predicted octanol–water partition coefficient (Wildman–Crippen LogP) is 3.67. The van der Waals surface area contributed by atoms with E-state index in [2.05, 4.69) is 4.98 Å². The van der Waals surface area contributed by atoms with Crippen LogP contribution < -0.4 is 5.56 Å². The van der Waals surface area contributed by atoms with Crippen LogP contribution in [0.25, 0.3) is 10.9 Å². The second kappa shape index (κ2) is 10.4. The average Bonchev–Trinajstić information content (AvgIpc) is 2.75. The molecular weight excluding hydrogens is 420 g/mol. The monoisotopic (exact) mass is 456 g/mol. The number of para-hydroxylation sites is 1. The molecule has 180 valence electrons. The molecule has 1 aliphatic rings. The summed E-state index contributed by atoms with van der Waals surface area (Å²) in [6, 6.07) is 7.23. The van der Waals surface area contributed by atoms with E-state index >= 15 is 0 Å². The van der Waals surface area contributed by atoms with Crippen LogP contribution in [0.5, 0.6) is 0 Å². The van der Waals surface area contributed by atoms with Crippen molar-refractivity contribution in [3.8, 4) is 0 Å². The van der Waals surface area contributed by atoms with Crippen molar-refractivity contribution in [2.45, 2.75) is 72.1 Å². The van der Waals surface area contributed by atoms with Crippen LogP contribution >= 0.6 is 0 Å². The van der Waals surface area contributed by atoms with Crippen molar-refractivity contribution in [3.05, 3.63) is 40.9 Å². The highest BCUT2D eigenvalue weighted by atomic mass is 16.6. The van der Waals surface area contributed by atoms with Crippen LogP contribution in [0.1, 0.15) is 53.9 Å². The minimum Gasteiger partial charge on any atom is -0.444 e. The summed E-state index contributed by atoms with van der Waals surface area (Å²) >= 11 is 0. The highest BCUT2D eigenvalue weighted by Gasteiger charge is 2.30. The summed E-state index contributed by atoms with van der Waals surface area (Å²) in [6.07, 6.45) is 3.30. The van der Waals surface area contributed by atoms with Gasteiger partial charge in [-0.2, -0.15) is 0 Å². The number of ether oxygens (including phenoxy) is 1. The first kappa shape index (κ1) is 24.7. The lowest BCUT2D eigenvalue weighted by Gasteiger charge is -2.37. The molecule has 1 aliphatic heterocycles. The summed E-state index contributed by atoms with van der Waals surface area (Å²) in [7, 11) is 0. The molecule has 1 unspecified atom stereocenters. The van der Waals surface area contributed by atoms with Gasteiger partial charge in [0.2, 0.25) is 5.91 Å². The number of rotatable bonds is 6. The van der Waals surface area contributed by atoms with E-state index in [0.29, 0.717) is 37.1 Å². The van der Waals surface area contributed by atoms with Crippen LogP contribution in [0, 0.1) is 5.92 Å². The van der Waals surface area contributed by atoms with Gasteiger partial charge in [-0.05, 0) is 65.5 Å². The zero-order valence-electron chi connectivity index (χ0n) is 20.4. The topological polar surface area (TPSA) is 84.7 Å². The predicted molar refractivity (Wildman–Crippen MR) is 128 cm³/mol. The van der Waals surface area contributed by atoms with Crippen LogP contribution in [0.15, 0.2) is 35.4 Å². The normalized spacial score (nSPS) is 16.8. The molecule has 0 aliphatic carbocycles. The number of benzene rings is 1. The molecule has 1 saturated heterocycles. The number of piperidine rings is 1. The van der Waals surface area contributed by atoms with E-state index in [1.54, 1.807) is 17.0 Å². The van der Waals surface area contributed by atoms with Gasteiger partial charge in [-0.15, -0.1) is 0 Å². The number of carbonyl (C=O) groups excluding carboxylic acids is 2. The van der Waals surface area contributed by atoms with Crippen molar-refractivity contribution in [2.24, 2.45) is 5.92 Å². The molecule has 2 heterocycles. The maximum Gasteiger partial charge on any atom is 0.410 e. The molecule has 0 saturated carbocycles. The van der Waals surface area contributed by atoms with Gasteiger partial charge in [-0.1, -0.05) is 12.1 Å². The second-order valence-electron chi connectivity index (χ2n) is 10.1. The molecular formula is C25H36N4O4. The molecule has 1 aromatic heterocycles. The molecule has 2 amide bonds. The fraction of sp³-hybridized carbons (Fsp3) is 0.600. The SMILES string of the molecule is CC(C)N(CC1CCCN(C(=O)CCn2cnc3ccccc3c2=O)C1)C(=O)OC(C)(C)C. The van der Waals surface area contributed by atoms with Gasteiger partial charge in [0.1, 0.15) is 5.60 Å². The third kappa shape index (κ3) is 6.55. The summed E-state index contributed by atoms with van der Waals surface area (Å²) in [5.74, 6) is 0.218. The van der Waals surface area contributed by atoms with E-state index in [4.69, 9.17) is 4.74 Å². The molecule has 33 heavy (non-hydrogen) atoms. The molecule has 0 bridgehead atoms. The minimum atomic E-state index is -0.547. The molecule has 8 nitrogen and oxygen atoms in total. The van der Waals surface area contributed by atoms with Gasteiger partial charge in [-0.25, -0.2) is 9.78 Å². The zero-order chi connectivity index (χ0) is 24.2. The maximum atomic E-state index is 12.9. The summed E-state index contributed by atoms with van der Waals surface area (Å²) in [6.45, 7) is 11.7. The number of aryl methyl sites for hydroxylation is 1. The van der Waals surface area contributed by atoms with E-state index in [-0.39, 0.29) is 35.9 Å². The first-order chi connectivity index (χ1) is 15.5. The van der Waals surface area contributed by atoms with Gasteiger partial charge in [0.25, 0.3) is 5.56 Å². The fourth-order valence-electron chi connectivity index (χ4n) is 4.18. The Balaban J connectivity index is 1.59. The van der Waals surface area contributed by atoms with Gasteiger partial charge in [0.15, 0.2) is 0 Å². The quantitative estimate of drug-likeness (QED) is 0.662. The lowest BCUT2D eigenvalue weighted by molar-refractivity contribution is -0.133. The van der Waals surface area contributed by atoms with Gasteiger partial charge < -0.3 is 14.5 Å². The van der Waals surface area contributed by atoms with Crippen molar-refractivity contribution < 1.29 is 14.3 Å². The maximum absolute atomic E-state index is 12.9. The van der Waals surface area contributed by atoms with Crippen LogP contribution in [-0.4, -0.2) is 62.6 Å². The largest absolute Gasteiger partial charge is 0.444 e. The molecule has 8 heteroatoms. The Morgan fingerprint density at radius 1 is 1.24 bits per heavy atom. The van der Waals surface area contributed by atoms with Gasteiger partial charge in [0.05, 0.1) is 17.2 Å². The Bertz CT molecular complexity index is 1040. The van der Waals surface area contributed by atoms with E-state index in [0.717, 1.165) is 12.8 Å². The summed E-state index contributed by atoms with van der Waals surface area (Å²) in [4.78, 5) is 46.2. The number of carbonyl (C=O) groups is 2. The van der Waals surface area contributed by atoms with Crippen molar-refractivity contribution in [1.29, 1.82) is 0 Å². The Morgan fingerprint density at radius 2 is 1.97 bits per heavy atom. The minimum absolute atomic E-state index is 0.0122. The zero-order valence-corrected chi connectivity index (χ0v) is 20.4. The second-order valence-corrected chi connectivity index (χ2v) is 10.1. The van der Waals surface area contributed by atoms with Crippen molar-refractivity contribution in [1.82, 2.24) is 19.4 Å². The Hall–Kier alpha value is -2.90. The number of aromatic nitrogens is 2. The molecule has 1 fully saturated rings.